The molecule has 1 atom stereocenters. The Hall–Kier alpha value is -4.23. The Labute approximate surface area is 227 Å². The lowest BCUT2D eigenvalue weighted by molar-refractivity contribution is -0.117. The number of fused-ring (bicyclic) bond motifs is 1. The number of benzene rings is 3. The molecular weight excluding hydrogens is 504 g/mol. The second-order valence-corrected chi connectivity index (χ2v) is 9.09. The summed E-state index contributed by atoms with van der Waals surface area (Å²) in [5.74, 6) is 1.18. The standard InChI is InChI=1S/C30H29ClN2O5/c1-19-23(17-22-6-4-5-7-26(22)38-19)18-25(33-29(34)21-9-11-24(31)12-10-21)30(35)32-15-14-20-8-13-27(36-2)28(16-20)37-3/h4-13,16-19H,14-15H2,1-3H3,(H,32,35)(H,33,34)/b25-18-/t19-/m0/s1. The van der Waals surface area contributed by atoms with E-state index in [1.165, 1.54) is 0 Å². The summed E-state index contributed by atoms with van der Waals surface area (Å²) in [4.78, 5) is 26.2. The zero-order valence-corrected chi connectivity index (χ0v) is 22.2. The van der Waals surface area contributed by atoms with Gasteiger partial charge in [-0.25, -0.2) is 0 Å². The molecule has 0 saturated heterocycles. The van der Waals surface area contributed by atoms with Gasteiger partial charge in [-0.15, -0.1) is 0 Å². The average Bonchev–Trinajstić information content (AvgIpc) is 2.93. The number of nitrogens with one attached hydrogen (secondary N) is 2. The van der Waals surface area contributed by atoms with E-state index in [2.05, 4.69) is 10.6 Å². The average molecular weight is 533 g/mol. The van der Waals surface area contributed by atoms with Gasteiger partial charge in [0.15, 0.2) is 11.5 Å². The smallest absolute Gasteiger partial charge is 0.267 e. The molecule has 2 amide bonds. The zero-order valence-electron chi connectivity index (χ0n) is 21.4. The van der Waals surface area contributed by atoms with Crippen LogP contribution in [0.1, 0.15) is 28.4 Å². The number of halogens is 1. The number of hydrogen-bond donors (Lipinski definition) is 2. The van der Waals surface area contributed by atoms with Gasteiger partial charge >= 0.3 is 0 Å². The molecule has 0 unspecified atom stereocenters. The van der Waals surface area contributed by atoms with Crippen molar-refractivity contribution in [3.63, 3.8) is 0 Å². The normalized spacial score (nSPS) is 14.5. The summed E-state index contributed by atoms with van der Waals surface area (Å²) in [6.07, 6.45) is 3.85. The van der Waals surface area contributed by atoms with Crippen LogP contribution in [0.3, 0.4) is 0 Å². The predicted octanol–water partition coefficient (Wildman–Crippen LogP) is 5.19. The van der Waals surface area contributed by atoms with E-state index in [1.807, 2.05) is 55.5 Å². The van der Waals surface area contributed by atoms with Crippen LogP contribution in [0, 0.1) is 0 Å². The van der Waals surface area contributed by atoms with E-state index in [0.29, 0.717) is 35.1 Å². The summed E-state index contributed by atoms with van der Waals surface area (Å²) in [5.41, 5.74) is 3.11. The van der Waals surface area contributed by atoms with Gasteiger partial charge in [0.25, 0.3) is 11.8 Å². The lowest BCUT2D eigenvalue weighted by Crippen LogP contribution is -2.36. The van der Waals surface area contributed by atoms with Crippen molar-refractivity contribution in [1.82, 2.24) is 10.6 Å². The highest BCUT2D eigenvalue weighted by Crippen LogP contribution is 2.30. The van der Waals surface area contributed by atoms with Crippen LogP contribution < -0.4 is 24.8 Å². The van der Waals surface area contributed by atoms with Crippen LogP contribution in [-0.2, 0) is 11.2 Å². The van der Waals surface area contributed by atoms with Gasteiger partial charge in [-0.1, -0.05) is 35.9 Å². The van der Waals surface area contributed by atoms with Crippen LogP contribution in [0.15, 0.2) is 84.1 Å². The Morgan fingerprint density at radius 3 is 2.47 bits per heavy atom. The molecule has 0 aliphatic carbocycles. The molecule has 0 bridgehead atoms. The molecule has 2 N–H and O–H groups in total. The van der Waals surface area contributed by atoms with Crippen molar-refractivity contribution in [2.24, 2.45) is 0 Å². The zero-order chi connectivity index (χ0) is 27.1. The molecule has 7 nitrogen and oxygen atoms in total. The van der Waals surface area contributed by atoms with Gasteiger partial charge in [-0.3, -0.25) is 9.59 Å². The van der Waals surface area contributed by atoms with E-state index in [9.17, 15) is 9.59 Å². The van der Waals surface area contributed by atoms with Crippen LogP contribution in [0.5, 0.6) is 17.2 Å². The highest BCUT2D eigenvalue weighted by atomic mass is 35.5. The third kappa shape index (κ3) is 6.55. The Balaban J connectivity index is 1.54. The maximum absolute atomic E-state index is 13.3. The summed E-state index contributed by atoms with van der Waals surface area (Å²) < 4.78 is 16.7. The summed E-state index contributed by atoms with van der Waals surface area (Å²) >= 11 is 5.96. The first kappa shape index (κ1) is 26.8. The maximum Gasteiger partial charge on any atom is 0.267 e. The highest BCUT2D eigenvalue weighted by molar-refractivity contribution is 6.30. The minimum Gasteiger partial charge on any atom is -0.493 e. The molecule has 3 aromatic carbocycles. The fraction of sp³-hybridized carbons (Fsp3) is 0.200. The third-order valence-corrected chi connectivity index (χ3v) is 6.32. The van der Waals surface area contributed by atoms with E-state index in [1.54, 1.807) is 44.6 Å². The first-order valence-electron chi connectivity index (χ1n) is 12.1. The highest BCUT2D eigenvalue weighted by Gasteiger charge is 2.21. The number of amides is 2. The van der Waals surface area contributed by atoms with Gasteiger partial charge in [0, 0.05) is 22.7 Å². The molecule has 0 aromatic heterocycles. The molecule has 8 heteroatoms. The largest absolute Gasteiger partial charge is 0.493 e. The van der Waals surface area contributed by atoms with Crippen LogP contribution in [0.4, 0.5) is 0 Å². The monoisotopic (exact) mass is 532 g/mol. The summed E-state index contributed by atoms with van der Waals surface area (Å²) in [6, 6.07) is 19.7. The molecule has 0 radical (unpaired) electrons. The quantitative estimate of drug-likeness (QED) is 0.370. The lowest BCUT2D eigenvalue weighted by atomic mass is 10.0. The molecule has 0 saturated carbocycles. The number of hydrogen-bond acceptors (Lipinski definition) is 5. The van der Waals surface area contributed by atoms with Gasteiger partial charge in [0.1, 0.15) is 17.6 Å². The van der Waals surface area contributed by atoms with Crippen molar-refractivity contribution >= 4 is 29.5 Å². The third-order valence-electron chi connectivity index (χ3n) is 6.07. The number of methoxy groups -OCH3 is 2. The Morgan fingerprint density at radius 2 is 1.74 bits per heavy atom. The SMILES string of the molecule is COc1ccc(CCNC(=O)/C(=C/C2=Cc3ccccc3O[C@H]2C)NC(=O)c2ccc(Cl)cc2)cc1OC. The van der Waals surface area contributed by atoms with Crippen molar-refractivity contribution in [2.45, 2.75) is 19.4 Å². The van der Waals surface area contributed by atoms with Crippen LogP contribution in [-0.4, -0.2) is 38.7 Å². The van der Waals surface area contributed by atoms with Gasteiger partial charge < -0.3 is 24.8 Å². The maximum atomic E-state index is 13.3. The number of carbonyl (C=O) groups excluding carboxylic acids is 2. The fourth-order valence-electron chi connectivity index (χ4n) is 3.99. The van der Waals surface area contributed by atoms with Gasteiger partial charge in [0.2, 0.25) is 0 Å². The molecule has 196 valence electrons. The van der Waals surface area contributed by atoms with Crippen LogP contribution >= 0.6 is 11.6 Å². The van der Waals surface area contributed by atoms with Crippen molar-refractivity contribution in [3.05, 3.63) is 106 Å². The van der Waals surface area contributed by atoms with Crippen LogP contribution in [0.25, 0.3) is 6.08 Å². The minimum atomic E-state index is -0.423. The summed E-state index contributed by atoms with van der Waals surface area (Å²) in [7, 11) is 3.16. The number of rotatable bonds is 9. The number of para-hydroxylation sites is 1. The molecule has 0 spiro atoms. The topological polar surface area (TPSA) is 85.9 Å². The second-order valence-electron chi connectivity index (χ2n) is 8.66. The molecule has 3 aromatic rings. The minimum absolute atomic E-state index is 0.110. The van der Waals surface area contributed by atoms with Crippen molar-refractivity contribution in [1.29, 1.82) is 0 Å². The first-order valence-corrected chi connectivity index (χ1v) is 12.5. The molecule has 38 heavy (non-hydrogen) atoms. The number of carbonyl (C=O) groups is 2. The van der Waals surface area contributed by atoms with E-state index in [0.717, 1.165) is 22.4 Å². The molecule has 4 rings (SSSR count). The summed E-state index contributed by atoms with van der Waals surface area (Å²) in [6.45, 7) is 2.24. The van der Waals surface area contributed by atoms with E-state index >= 15 is 0 Å². The van der Waals surface area contributed by atoms with E-state index in [-0.39, 0.29) is 11.8 Å². The lowest BCUT2D eigenvalue weighted by Gasteiger charge is -2.23. The molecular formula is C30H29ClN2O5. The van der Waals surface area contributed by atoms with Crippen molar-refractivity contribution in [3.8, 4) is 17.2 Å². The van der Waals surface area contributed by atoms with E-state index in [4.69, 9.17) is 25.8 Å². The fourth-order valence-corrected chi connectivity index (χ4v) is 4.12. The second kappa shape index (κ2) is 12.3. The van der Waals surface area contributed by atoms with Gasteiger partial charge in [-0.05, 0) is 79.1 Å². The molecule has 0 fully saturated rings. The Kier molecular flexibility index (Phi) is 8.71. The Bertz CT molecular complexity index is 1380. The molecule has 1 aliphatic rings. The van der Waals surface area contributed by atoms with Gasteiger partial charge in [0.05, 0.1) is 14.2 Å². The van der Waals surface area contributed by atoms with E-state index < -0.39 is 11.8 Å². The predicted molar refractivity (Wildman–Crippen MR) is 148 cm³/mol. The van der Waals surface area contributed by atoms with Crippen molar-refractivity contribution < 1.29 is 23.8 Å². The van der Waals surface area contributed by atoms with Crippen LogP contribution in [0.2, 0.25) is 5.02 Å². The summed E-state index contributed by atoms with van der Waals surface area (Å²) in [5, 5.41) is 6.18. The molecule has 1 aliphatic heterocycles. The van der Waals surface area contributed by atoms with Gasteiger partial charge in [-0.2, -0.15) is 0 Å². The number of ether oxygens (including phenoxy) is 3. The van der Waals surface area contributed by atoms with Crippen molar-refractivity contribution in [2.75, 3.05) is 20.8 Å². The molecule has 1 heterocycles. The Morgan fingerprint density at radius 1 is 1.00 bits per heavy atom. The first-order chi connectivity index (χ1) is 18.4.